The van der Waals surface area contributed by atoms with Crippen molar-refractivity contribution in [3.05, 3.63) is 77.6 Å². The van der Waals surface area contributed by atoms with Crippen LogP contribution in [0.25, 0.3) is 22.3 Å². The second kappa shape index (κ2) is 11.4. The van der Waals surface area contributed by atoms with E-state index in [1.807, 2.05) is 18.2 Å². The van der Waals surface area contributed by atoms with Crippen molar-refractivity contribution in [2.75, 3.05) is 0 Å². The zero-order chi connectivity index (χ0) is 21.3. The predicted molar refractivity (Wildman–Crippen MR) is 131 cm³/mol. The van der Waals surface area contributed by atoms with E-state index in [-0.39, 0.29) is 5.82 Å². The molecule has 3 aromatic rings. The highest BCUT2D eigenvalue weighted by atomic mass is 32.1. The topological polar surface area (TPSA) is 0 Å². The summed E-state index contributed by atoms with van der Waals surface area (Å²) in [5, 5.41) is 0. The molecule has 0 heterocycles. The first-order valence-electron chi connectivity index (χ1n) is 11.3. The van der Waals surface area contributed by atoms with Crippen molar-refractivity contribution in [2.24, 2.45) is 0 Å². The van der Waals surface area contributed by atoms with Crippen LogP contribution in [-0.4, -0.2) is 0 Å². The molecule has 0 atom stereocenters. The predicted octanol–water partition coefficient (Wildman–Crippen LogP) is 8.91. The van der Waals surface area contributed by atoms with Gasteiger partial charge in [0, 0.05) is 10.5 Å². The van der Waals surface area contributed by atoms with Crippen LogP contribution in [0.4, 0.5) is 4.39 Å². The lowest BCUT2D eigenvalue weighted by atomic mass is 9.97. The standard InChI is InChI=1S/C28H33FS/c1-3-5-7-9-21-11-15-23(16-12-21)25-20-28(30)26(19-27(25)29)24-17-13-22(14-18-24)10-8-6-4-2/h11-20,30H,3-10H2,1-2H3. The Hall–Kier alpha value is -2.06. The first-order valence-corrected chi connectivity index (χ1v) is 11.8. The molecule has 0 saturated heterocycles. The third-order valence-electron chi connectivity index (χ3n) is 5.75. The SMILES string of the molecule is CCCCCc1ccc(-c2cc(S)c(-c3ccc(CCCCC)cc3)cc2F)cc1. The summed E-state index contributed by atoms with van der Waals surface area (Å²) in [6, 6.07) is 20.2. The van der Waals surface area contributed by atoms with E-state index < -0.39 is 0 Å². The molecular weight excluding hydrogens is 387 g/mol. The fourth-order valence-electron chi connectivity index (χ4n) is 3.87. The van der Waals surface area contributed by atoms with E-state index in [0.717, 1.165) is 34.4 Å². The number of thiol groups is 1. The number of unbranched alkanes of at least 4 members (excludes halogenated alkanes) is 4. The van der Waals surface area contributed by atoms with Crippen LogP contribution in [0.2, 0.25) is 0 Å². The zero-order valence-electron chi connectivity index (χ0n) is 18.3. The zero-order valence-corrected chi connectivity index (χ0v) is 19.1. The number of halogens is 1. The molecule has 158 valence electrons. The maximum absolute atomic E-state index is 15.0. The Balaban J connectivity index is 1.77. The number of hydrogen-bond donors (Lipinski definition) is 1. The average molecular weight is 421 g/mol. The van der Waals surface area contributed by atoms with Crippen LogP contribution in [0.1, 0.15) is 63.5 Å². The first-order chi connectivity index (χ1) is 14.6. The Morgan fingerprint density at radius 2 is 1.10 bits per heavy atom. The van der Waals surface area contributed by atoms with E-state index in [1.54, 1.807) is 6.07 Å². The first kappa shape index (κ1) is 22.6. The summed E-state index contributed by atoms with van der Waals surface area (Å²) < 4.78 is 15.0. The second-order valence-corrected chi connectivity index (χ2v) is 8.64. The van der Waals surface area contributed by atoms with E-state index in [0.29, 0.717) is 5.56 Å². The number of benzene rings is 3. The number of aryl methyl sites for hydroxylation is 2. The van der Waals surface area contributed by atoms with Gasteiger partial charge in [0.1, 0.15) is 5.82 Å². The van der Waals surface area contributed by atoms with Crippen molar-refractivity contribution in [3.63, 3.8) is 0 Å². The molecule has 0 spiro atoms. The third kappa shape index (κ3) is 5.98. The quantitative estimate of drug-likeness (QED) is 0.246. The van der Waals surface area contributed by atoms with Gasteiger partial charge in [0.05, 0.1) is 0 Å². The van der Waals surface area contributed by atoms with Gasteiger partial charge in [-0.05, 0) is 65.6 Å². The number of rotatable bonds is 10. The number of hydrogen-bond acceptors (Lipinski definition) is 1. The minimum atomic E-state index is -0.200. The lowest BCUT2D eigenvalue weighted by molar-refractivity contribution is 0.630. The summed E-state index contributed by atoms with van der Waals surface area (Å²) in [5.41, 5.74) is 6.02. The monoisotopic (exact) mass is 420 g/mol. The fraction of sp³-hybridized carbons (Fsp3) is 0.357. The summed E-state index contributed by atoms with van der Waals surface area (Å²) in [7, 11) is 0. The van der Waals surface area contributed by atoms with Crippen LogP contribution in [0, 0.1) is 5.82 Å². The molecule has 0 bridgehead atoms. The van der Waals surface area contributed by atoms with Crippen LogP contribution in [0.5, 0.6) is 0 Å². The minimum Gasteiger partial charge on any atom is -0.206 e. The molecule has 0 aliphatic rings. The Morgan fingerprint density at radius 3 is 1.57 bits per heavy atom. The lowest BCUT2D eigenvalue weighted by Crippen LogP contribution is -1.91. The van der Waals surface area contributed by atoms with Gasteiger partial charge < -0.3 is 0 Å². The Bertz CT molecular complexity index is 847. The van der Waals surface area contributed by atoms with E-state index >= 15 is 4.39 Å². The molecule has 0 radical (unpaired) electrons. The maximum atomic E-state index is 15.0. The Morgan fingerprint density at radius 1 is 0.633 bits per heavy atom. The largest absolute Gasteiger partial charge is 0.206 e. The molecule has 0 fully saturated rings. The molecule has 0 aromatic heterocycles. The van der Waals surface area contributed by atoms with E-state index in [1.165, 1.54) is 49.7 Å². The molecule has 0 saturated carbocycles. The van der Waals surface area contributed by atoms with Gasteiger partial charge in [-0.15, -0.1) is 12.6 Å². The van der Waals surface area contributed by atoms with Crippen LogP contribution >= 0.6 is 12.6 Å². The normalized spacial score (nSPS) is 11.1. The van der Waals surface area contributed by atoms with Gasteiger partial charge in [0.25, 0.3) is 0 Å². The van der Waals surface area contributed by atoms with E-state index in [9.17, 15) is 0 Å². The van der Waals surface area contributed by atoms with Crippen molar-refractivity contribution in [3.8, 4) is 22.3 Å². The van der Waals surface area contributed by atoms with Gasteiger partial charge in [0.15, 0.2) is 0 Å². The lowest BCUT2D eigenvalue weighted by Gasteiger charge is -2.12. The van der Waals surface area contributed by atoms with Crippen molar-refractivity contribution in [1.29, 1.82) is 0 Å². The summed E-state index contributed by atoms with van der Waals surface area (Å²) in [6.07, 6.45) is 9.57. The molecule has 3 rings (SSSR count). The van der Waals surface area contributed by atoms with Gasteiger partial charge in [-0.3, -0.25) is 0 Å². The van der Waals surface area contributed by atoms with Gasteiger partial charge >= 0.3 is 0 Å². The molecule has 0 N–H and O–H groups in total. The van der Waals surface area contributed by atoms with Crippen LogP contribution in [0.15, 0.2) is 65.6 Å². The van der Waals surface area contributed by atoms with Crippen LogP contribution < -0.4 is 0 Å². The fourth-order valence-corrected chi connectivity index (χ4v) is 4.20. The van der Waals surface area contributed by atoms with E-state index in [4.69, 9.17) is 0 Å². The van der Waals surface area contributed by atoms with Gasteiger partial charge in [0.2, 0.25) is 0 Å². The van der Waals surface area contributed by atoms with Gasteiger partial charge in [-0.25, -0.2) is 4.39 Å². The van der Waals surface area contributed by atoms with Crippen molar-refractivity contribution in [2.45, 2.75) is 70.1 Å². The van der Waals surface area contributed by atoms with Gasteiger partial charge in [-0.2, -0.15) is 0 Å². The molecule has 0 unspecified atom stereocenters. The van der Waals surface area contributed by atoms with Crippen LogP contribution in [0.3, 0.4) is 0 Å². The Kier molecular flexibility index (Phi) is 8.57. The molecule has 2 heteroatoms. The summed E-state index contributed by atoms with van der Waals surface area (Å²) in [5.74, 6) is -0.200. The average Bonchev–Trinajstić information content (AvgIpc) is 2.77. The maximum Gasteiger partial charge on any atom is 0.131 e. The highest BCUT2D eigenvalue weighted by Gasteiger charge is 2.12. The van der Waals surface area contributed by atoms with E-state index in [2.05, 4.69) is 62.9 Å². The van der Waals surface area contributed by atoms with Crippen LogP contribution in [-0.2, 0) is 12.8 Å². The summed E-state index contributed by atoms with van der Waals surface area (Å²) in [6.45, 7) is 4.43. The summed E-state index contributed by atoms with van der Waals surface area (Å²) in [4.78, 5) is 0.803. The molecule has 0 nitrogen and oxygen atoms in total. The molecular formula is C28H33FS. The molecule has 0 amide bonds. The van der Waals surface area contributed by atoms with Crippen molar-refractivity contribution >= 4 is 12.6 Å². The van der Waals surface area contributed by atoms with Crippen molar-refractivity contribution < 1.29 is 4.39 Å². The minimum absolute atomic E-state index is 0.200. The second-order valence-electron chi connectivity index (χ2n) is 8.16. The molecule has 0 aliphatic heterocycles. The third-order valence-corrected chi connectivity index (χ3v) is 6.12. The molecule has 3 aromatic carbocycles. The molecule has 30 heavy (non-hydrogen) atoms. The highest BCUT2D eigenvalue weighted by Crippen LogP contribution is 2.34. The van der Waals surface area contributed by atoms with Gasteiger partial charge in [-0.1, -0.05) is 88.1 Å². The smallest absolute Gasteiger partial charge is 0.131 e. The highest BCUT2D eigenvalue weighted by molar-refractivity contribution is 7.80. The summed E-state index contributed by atoms with van der Waals surface area (Å²) >= 11 is 4.68. The Labute approximate surface area is 187 Å². The van der Waals surface area contributed by atoms with Crippen molar-refractivity contribution in [1.82, 2.24) is 0 Å². The molecule has 0 aliphatic carbocycles.